The van der Waals surface area contributed by atoms with Crippen LogP contribution in [-0.4, -0.2) is 10.2 Å². The number of phenols is 1. The van der Waals surface area contributed by atoms with Gasteiger partial charge in [0.25, 0.3) is 0 Å². The molecule has 0 bridgehead atoms. The van der Waals surface area contributed by atoms with Crippen LogP contribution in [0.5, 0.6) is 5.75 Å². The van der Waals surface area contributed by atoms with Crippen molar-refractivity contribution in [3.05, 3.63) is 29.8 Å². The molecule has 0 saturated carbocycles. The Hall–Kier alpha value is 0.980. The van der Waals surface area contributed by atoms with Crippen LogP contribution in [0.1, 0.15) is 8.42 Å². The Morgan fingerprint density at radius 3 is 2.09 bits per heavy atom. The number of hydrogen-bond donors (Lipinski definition) is 2. The van der Waals surface area contributed by atoms with E-state index in [4.69, 9.17) is 10.2 Å². The van der Waals surface area contributed by atoms with Crippen LogP contribution in [0.3, 0.4) is 0 Å². The Kier molecular flexibility index (Phi) is 10.0. The van der Waals surface area contributed by atoms with Crippen LogP contribution in [0.25, 0.3) is 0 Å². The summed E-state index contributed by atoms with van der Waals surface area (Å²) in [6, 6.07) is 6.71. The van der Waals surface area contributed by atoms with Gasteiger partial charge in [-0.15, -0.1) is 0 Å². The molecule has 2 N–H and O–H groups in total. The van der Waals surface area contributed by atoms with E-state index in [0.29, 0.717) is 5.56 Å². The van der Waals surface area contributed by atoms with Crippen molar-refractivity contribution < 1.29 is 72.2 Å². The summed E-state index contributed by atoms with van der Waals surface area (Å²) in [7, 11) is 0. The number of aromatic hydroxyl groups is 1. The second kappa shape index (κ2) is 7.62. The monoisotopic (exact) mass is 172 g/mol. The molecule has 0 fully saturated rings. The van der Waals surface area contributed by atoms with E-state index in [2.05, 4.69) is 0 Å². The van der Waals surface area contributed by atoms with E-state index < -0.39 is 0 Å². The first-order chi connectivity index (χ1) is 4.34. The molecule has 0 heterocycles. The molecule has 52 valence electrons. The summed E-state index contributed by atoms with van der Waals surface area (Å²) in [5, 5.41) is 17.5. The van der Waals surface area contributed by atoms with Gasteiger partial charge in [0.15, 0.2) is 0 Å². The Balaban J connectivity index is -0.000000101. The third kappa shape index (κ3) is 4.53. The van der Waals surface area contributed by atoms with E-state index >= 15 is 0 Å². The Labute approximate surface area is 113 Å². The Morgan fingerprint density at radius 1 is 1.18 bits per heavy atom. The van der Waals surface area contributed by atoms with Gasteiger partial charge in [0.2, 0.25) is 0 Å². The first-order valence-electron chi connectivity index (χ1n) is 2.72. The summed E-state index contributed by atoms with van der Waals surface area (Å²) in [4.78, 5) is 0. The zero-order valence-electron chi connectivity index (χ0n) is 8.91. The van der Waals surface area contributed by atoms with Gasteiger partial charge in [0.1, 0.15) is 5.75 Å². The molecule has 0 aliphatic rings. The molecule has 0 atom stereocenters. The normalized spacial score (nSPS) is 7.73. The second-order valence-corrected chi connectivity index (χ2v) is 1.79. The third-order valence-electron chi connectivity index (χ3n) is 1.16. The topological polar surface area (TPSA) is 40.5 Å². The molecule has 11 heavy (non-hydrogen) atoms. The number of aliphatic hydroxyl groups is 1. The summed E-state index contributed by atoms with van der Waals surface area (Å²) in [5.41, 5.74) is 0.567. The van der Waals surface area contributed by atoms with Gasteiger partial charge >= 0.3 is 59.1 Å². The van der Waals surface area contributed by atoms with Crippen molar-refractivity contribution in [2.24, 2.45) is 0 Å². The first-order valence-corrected chi connectivity index (χ1v) is 2.72. The summed E-state index contributed by atoms with van der Waals surface area (Å²) >= 11 is 0. The number of rotatable bonds is 1. The van der Waals surface area contributed by atoms with E-state index in [0.717, 1.165) is 0 Å². The average molecular weight is 172 g/mol. The van der Waals surface area contributed by atoms with Gasteiger partial charge < -0.3 is 13.1 Å². The first kappa shape index (κ1) is 14.5. The largest absolute Gasteiger partial charge is 1.00 e. The van der Waals surface area contributed by atoms with Crippen LogP contribution >= 0.6 is 0 Å². The van der Waals surface area contributed by atoms with Crippen molar-refractivity contribution in [1.29, 1.82) is 0 Å². The maximum atomic E-state index is 8.95. The molecule has 1 aromatic carbocycles. The Bertz CT molecular complexity index is 211. The van der Waals surface area contributed by atoms with Crippen LogP contribution in [0.2, 0.25) is 0 Å². The van der Waals surface area contributed by atoms with Crippen LogP contribution in [0.15, 0.2) is 24.3 Å². The molecule has 0 radical (unpaired) electrons. The molecule has 0 spiro atoms. The summed E-state index contributed by atoms with van der Waals surface area (Å²) in [6.07, 6.45) is 0. The molecule has 0 aromatic heterocycles. The van der Waals surface area contributed by atoms with E-state index in [1.54, 1.807) is 24.3 Å². The quantitative estimate of drug-likeness (QED) is 0.417. The third-order valence-corrected chi connectivity index (χ3v) is 1.16. The van der Waals surface area contributed by atoms with Crippen molar-refractivity contribution in [3.8, 4) is 5.75 Å². The number of aliphatic hydroxyl groups excluding tert-OH is 1. The molecule has 0 unspecified atom stereocenters. The second-order valence-electron chi connectivity index (χ2n) is 1.79. The average Bonchev–Trinajstić information content (AvgIpc) is 1.89. The minimum absolute atomic E-state index is 0. The van der Waals surface area contributed by atoms with Crippen molar-refractivity contribution >= 4 is 0 Å². The zero-order chi connectivity index (χ0) is 6.69. The van der Waals surface area contributed by atoms with Gasteiger partial charge in [-0.1, -0.05) is 18.2 Å². The molecule has 0 amide bonds. The minimum Gasteiger partial charge on any atom is -1.00 e. The van der Waals surface area contributed by atoms with Gasteiger partial charge in [-0.25, -0.2) is 0 Å². The standard InChI is InChI=1S/C7H8O2.2Na.2H/c8-5-6-3-1-2-4-7(6)9;;;;/h1-4,8-9H,5H2;;;;/q;2*+1;2*-1. The van der Waals surface area contributed by atoms with Crippen molar-refractivity contribution in [1.82, 2.24) is 0 Å². The summed E-state index contributed by atoms with van der Waals surface area (Å²) in [5.74, 6) is 0.153. The van der Waals surface area contributed by atoms with Gasteiger partial charge in [0.05, 0.1) is 6.61 Å². The fourth-order valence-corrected chi connectivity index (χ4v) is 0.645. The fourth-order valence-electron chi connectivity index (χ4n) is 0.645. The molecule has 0 saturated heterocycles. The van der Waals surface area contributed by atoms with Crippen molar-refractivity contribution in [3.63, 3.8) is 0 Å². The predicted octanol–water partition coefficient (Wildman–Crippen LogP) is -4.88. The summed E-state index contributed by atoms with van der Waals surface area (Å²) in [6.45, 7) is -0.104. The van der Waals surface area contributed by atoms with Gasteiger partial charge in [0, 0.05) is 5.56 Å². The molecule has 4 heteroatoms. The van der Waals surface area contributed by atoms with Crippen molar-refractivity contribution in [2.45, 2.75) is 6.61 Å². The molecule has 2 nitrogen and oxygen atoms in total. The smallest absolute Gasteiger partial charge is 1.00 e. The maximum Gasteiger partial charge on any atom is 1.00 e. The zero-order valence-corrected chi connectivity index (χ0v) is 10.9. The van der Waals surface area contributed by atoms with E-state index in [1.165, 1.54) is 0 Å². The number of hydrogen-bond acceptors (Lipinski definition) is 2. The van der Waals surface area contributed by atoms with E-state index in [-0.39, 0.29) is 74.3 Å². The fraction of sp³-hybridized carbons (Fsp3) is 0.143. The van der Waals surface area contributed by atoms with Crippen LogP contribution < -0.4 is 59.1 Å². The minimum atomic E-state index is -0.104. The molecular formula is C7H10Na2O2. The van der Waals surface area contributed by atoms with Gasteiger partial charge in [-0.2, -0.15) is 0 Å². The van der Waals surface area contributed by atoms with Gasteiger partial charge in [-0.05, 0) is 6.07 Å². The van der Waals surface area contributed by atoms with E-state index in [1.807, 2.05) is 0 Å². The predicted molar refractivity (Wildman–Crippen MR) is 36.3 cm³/mol. The molecule has 0 aliphatic carbocycles. The molecule has 0 aliphatic heterocycles. The van der Waals surface area contributed by atoms with E-state index in [9.17, 15) is 0 Å². The number of para-hydroxylation sites is 1. The number of benzene rings is 1. The van der Waals surface area contributed by atoms with Crippen LogP contribution in [0.4, 0.5) is 0 Å². The van der Waals surface area contributed by atoms with Crippen LogP contribution in [0, 0.1) is 0 Å². The molecular weight excluding hydrogens is 162 g/mol. The Morgan fingerprint density at radius 2 is 1.73 bits per heavy atom. The van der Waals surface area contributed by atoms with Gasteiger partial charge in [-0.3, -0.25) is 0 Å². The molecule has 1 rings (SSSR count). The maximum absolute atomic E-state index is 8.95. The molecule has 1 aromatic rings. The summed E-state index contributed by atoms with van der Waals surface area (Å²) < 4.78 is 0. The van der Waals surface area contributed by atoms with Crippen LogP contribution in [-0.2, 0) is 6.61 Å². The SMILES string of the molecule is OCc1ccccc1O.[H-].[H-].[Na+].[Na+]. The van der Waals surface area contributed by atoms with Crippen molar-refractivity contribution in [2.75, 3.05) is 0 Å².